The highest BCUT2D eigenvalue weighted by atomic mass is 16.5. The number of aromatic nitrogens is 1. The van der Waals surface area contributed by atoms with E-state index in [-0.39, 0.29) is 5.56 Å². The maximum atomic E-state index is 12.1. The highest BCUT2D eigenvalue weighted by Crippen LogP contribution is 2.33. The van der Waals surface area contributed by atoms with E-state index in [0.717, 1.165) is 44.2 Å². The van der Waals surface area contributed by atoms with Gasteiger partial charge in [0, 0.05) is 37.5 Å². The molecule has 5 nitrogen and oxygen atoms in total. The molecule has 4 rings (SSSR count). The van der Waals surface area contributed by atoms with Crippen LogP contribution in [0.3, 0.4) is 0 Å². The van der Waals surface area contributed by atoms with E-state index < -0.39 is 0 Å². The molecule has 3 saturated heterocycles. The van der Waals surface area contributed by atoms with Crippen molar-refractivity contribution >= 4 is 11.5 Å². The molecule has 0 aromatic carbocycles. The van der Waals surface area contributed by atoms with Gasteiger partial charge in [0.25, 0.3) is 5.56 Å². The minimum absolute atomic E-state index is 0.00967. The molecule has 3 aliphatic heterocycles. The second-order valence-corrected chi connectivity index (χ2v) is 6.49. The van der Waals surface area contributed by atoms with Crippen LogP contribution in [0.15, 0.2) is 16.9 Å². The molecular formula is C16H23N3O2. The first-order chi connectivity index (χ1) is 10.3. The van der Waals surface area contributed by atoms with Gasteiger partial charge in [-0.2, -0.15) is 0 Å². The minimum Gasteiger partial charge on any atom is -0.374 e. The van der Waals surface area contributed by atoms with Crippen LogP contribution in [0.2, 0.25) is 0 Å². The van der Waals surface area contributed by atoms with Crippen LogP contribution >= 0.6 is 0 Å². The molecule has 1 N–H and O–H groups in total. The van der Waals surface area contributed by atoms with Gasteiger partial charge in [0.05, 0.1) is 18.8 Å². The van der Waals surface area contributed by atoms with E-state index in [1.807, 2.05) is 0 Å². The molecule has 2 atom stereocenters. The van der Waals surface area contributed by atoms with Gasteiger partial charge in [-0.15, -0.1) is 0 Å². The van der Waals surface area contributed by atoms with Crippen molar-refractivity contribution < 1.29 is 4.74 Å². The van der Waals surface area contributed by atoms with E-state index in [2.05, 4.69) is 20.9 Å². The Labute approximate surface area is 124 Å². The van der Waals surface area contributed by atoms with Gasteiger partial charge in [0.2, 0.25) is 0 Å². The quantitative estimate of drug-likeness (QED) is 0.901. The third-order valence-corrected chi connectivity index (χ3v) is 4.99. The first-order valence-corrected chi connectivity index (χ1v) is 8.17. The average molecular weight is 289 g/mol. The Morgan fingerprint density at radius 3 is 2.62 bits per heavy atom. The Kier molecular flexibility index (Phi) is 3.37. The first-order valence-electron chi connectivity index (χ1n) is 8.17. The van der Waals surface area contributed by atoms with Gasteiger partial charge in [-0.05, 0) is 19.3 Å². The van der Waals surface area contributed by atoms with Crippen molar-refractivity contribution in [3.8, 4) is 0 Å². The smallest absolute Gasteiger partial charge is 0.251 e. The molecule has 0 amide bonds. The van der Waals surface area contributed by atoms with Crippen molar-refractivity contribution in [3.63, 3.8) is 0 Å². The molecule has 0 saturated carbocycles. The second kappa shape index (κ2) is 5.37. The highest BCUT2D eigenvalue weighted by Gasteiger charge is 2.39. The zero-order valence-electron chi connectivity index (χ0n) is 12.4. The van der Waals surface area contributed by atoms with Gasteiger partial charge in [-0.3, -0.25) is 4.79 Å². The standard InChI is InChI=1S/C16H23N3O2/c20-16-9-12(19-10-14-7-13(19)11-21-14)8-15(17-16)18-5-3-1-2-4-6-18/h8-9,13-14H,1-7,10-11H2,(H,17,20). The van der Waals surface area contributed by atoms with Crippen molar-refractivity contribution in [1.82, 2.24) is 4.98 Å². The van der Waals surface area contributed by atoms with Crippen LogP contribution in [-0.2, 0) is 4.74 Å². The predicted molar refractivity (Wildman–Crippen MR) is 83.2 cm³/mol. The topological polar surface area (TPSA) is 48.6 Å². The second-order valence-electron chi connectivity index (χ2n) is 6.49. The van der Waals surface area contributed by atoms with Crippen LogP contribution in [0.5, 0.6) is 0 Å². The molecule has 3 aliphatic rings. The minimum atomic E-state index is 0.00967. The molecule has 5 heteroatoms. The molecule has 0 radical (unpaired) electrons. The normalized spacial score (nSPS) is 29.0. The number of nitrogens with zero attached hydrogens (tertiary/aromatic N) is 2. The summed E-state index contributed by atoms with van der Waals surface area (Å²) in [6.45, 7) is 3.83. The Bertz CT molecular complexity index is 563. The van der Waals surface area contributed by atoms with Crippen LogP contribution in [0.25, 0.3) is 0 Å². The van der Waals surface area contributed by atoms with Gasteiger partial charge < -0.3 is 19.5 Å². The average Bonchev–Trinajstić information content (AvgIpc) is 3.01. The summed E-state index contributed by atoms with van der Waals surface area (Å²) in [5, 5.41) is 0. The van der Waals surface area contributed by atoms with E-state index in [1.54, 1.807) is 6.07 Å². The predicted octanol–water partition coefficient (Wildman–Crippen LogP) is 1.73. The van der Waals surface area contributed by atoms with E-state index >= 15 is 0 Å². The number of rotatable bonds is 2. The van der Waals surface area contributed by atoms with E-state index in [9.17, 15) is 4.79 Å². The summed E-state index contributed by atoms with van der Waals surface area (Å²) < 4.78 is 5.66. The molecule has 114 valence electrons. The van der Waals surface area contributed by atoms with Crippen LogP contribution in [0, 0.1) is 0 Å². The van der Waals surface area contributed by atoms with Crippen molar-refractivity contribution in [3.05, 3.63) is 22.5 Å². The lowest BCUT2D eigenvalue weighted by molar-refractivity contribution is 0.0991. The monoisotopic (exact) mass is 289 g/mol. The summed E-state index contributed by atoms with van der Waals surface area (Å²) in [6.07, 6.45) is 6.49. The zero-order valence-corrected chi connectivity index (χ0v) is 12.4. The molecule has 4 heterocycles. The Balaban J connectivity index is 1.61. The van der Waals surface area contributed by atoms with Gasteiger partial charge in [0.1, 0.15) is 5.82 Å². The number of hydrogen-bond donors (Lipinski definition) is 1. The molecule has 21 heavy (non-hydrogen) atoms. The number of ether oxygens (including phenoxy) is 1. The molecule has 2 bridgehead atoms. The molecule has 0 spiro atoms. The Hall–Kier alpha value is -1.49. The number of nitrogens with one attached hydrogen (secondary N) is 1. The lowest BCUT2D eigenvalue weighted by Crippen LogP contribution is -2.38. The molecule has 2 unspecified atom stereocenters. The molecule has 1 aromatic rings. The van der Waals surface area contributed by atoms with E-state index in [0.29, 0.717) is 12.1 Å². The summed E-state index contributed by atoms with van der Waals surface area (Å²) in [5.41, 5.74) is 1.07. The van der Waals surface area contributed by atoms with Crippen molar-refractivity contribution in [2.24, 2.45) is 0 Å². The Morgan fingerprint density at radius 2 is 1.95 bits per heavy atom. The maximum Gasteiger partial charge on any atom is 0.251 e. The zero-order chi connectivity index (χ0) is 14.2. The highest BCUT2D eigenvalue weighted by molar-refractivity contribution is 5.57. The van der Waals surface area contributed by atoms with E-state index in [1.165, 1.54) is 25.7 Å². The number of hydrogen-bond acceptors (Lipinski definition) is 4. The summed E-state index contributed by atoms with van der Waals surface area (Å²) >= 11 is 0. The lowest BCUT2D eigenvalue weighted by Gasteiger charge is -2.30. The number of morpholine rings is 1. The number of H-pyrrole nitrogens is 1. The first kappa shape index (κ1) is 13.2. The van der Waals surface area contributed by atoms with Crippen molar-refractivity contribution in [2.45, 2.75) is 44.2 Å². The summed E-state index contributed by atoms with van der Waals surface area (Å²) in [6, 6.07) is 4.35. The van der Waals surface area contributed by atoms with Crippen LogP contribution < -0.4 is 15.4 Å². The number of fused-ring (bicyclic) bond motifs is 2. The SMILES string of the molecule is O=c1cc(N2CC3CC2CO3)cc(N2CCCCCC2)[nH]1. The van der Waals surface area contributed by atoms with Crippen molar-refractivity contribution in [1.29, 1.82) is 0 Å². The van der Waals surface area contributed by atoms with Crippen LogP contribution in [0.1, 0.15) is 32.1 Å². The maximum absolute atomic E-state index is 12.1. The summed E-state index contributed by atoms with van der Waals surface area (Å²) in [5.74, 6) is 0.989. The lowest BCUT2D eigenvalue weighted by atomic mass is 10.2. The number of anilines is 2. The van der Waals surface area contributed by atoms with Crippen LogP contribution in [-0.4, -0.2) is 43.4 Å². The van der Waals surface area contributed by atoms with E-state index in [4.69, 9.17) is 4.74 Å². The number of pyridine rings is 1. The number of aromatic amines is 1. The largest absolute Gasteiger partial charge is 0.374 e. The molecule has 3 fully saturated rings. The van der Waals surface area contributed by atoms with Gasteiger partial charge in [0.15, 0.2) is 0 Å². The van der Waals surface area contributed by atoms with Gasteiger partial charge in [-0.1, -0.05) is 12.8 Å². The fourth-order valence-electron chi connectivity index (χ4n) is 3.88. The summed E-state index contributed by atoms with van der Waals surface area (Å²) in [4.78, 5) is 19.8. The van der Waals surface area contributed by atoms with Crippen LogP contribution in [0.4, 0.5) is 11.5 Å². The fraction of sp³-hybridized carbons (Fsp3) is 0.688. The van der Waals surface area contributed by atoms with Crippen molar-refractivity contribution in [2.75, 3.05) is 36.0 Å². The van der Waals surface area contributed by atoms with Gasteiger partial charge in [-0.25, -0.2) is 0 Å². The molecule has 1 aromatic heterocycles. The van der Waals surface area contributed by atoms with Gasteiger partial charge >= 0.3 is 0 Å². The fourth-order valence-corrected chi connectivity index (χ4v) is 3.88. The Morgan fingerprint density at radius 1 is 1.14 bits per heavy atom. The third kappa shape index (κ3) is 2.55. The summed E-state index contributed by atoms with van der Waals surface area (Å²) in [7, 11) is 0. The third-order valence-electron chi connectivity index (χ3n) is 4.99. The molecular weight excluding hydrogens is 266 g/mol. The molecule has 0 aliphatic carbocycles.